The van der Waals surface area contributed by atoms with Gasteiger partial charge in [-0.1, -0.05) is 41.9 Å². The van der Waals surface area contributed by atoms with E-state index in [2.05, 4.69) is 6.07 Å². The van der Waals surface area contributed by atoms with E-state index < -0.39 is 20.3 Å². The lowest BCUT2D eigenvalue weighted by Gasteiger charge is -2.24. The molecule has 9 heteroatoms. The number of rotatable bonds is 4. The van der Waals surface area contributed by atoms with Crippen LogP contribution in [-0.2, 0) is 22.9 Å². The molecular formula is C21H17ClN2O4S2. The van der Waals surface area contributed by atoms with Crippen LogP contribution in [0, 0.1) is 10.1 Å². The van der Waals surface area contributed by atoms with Crippen LogP contribution in [-0.4, -0.2) is 29.9 Å². The summed E-state index contributed by atoms with van der Waals surface area (Å²) in [6.45, 7) is 0.354. The molecule has 0 amide bonds. The molecule has 30 heavy (non-hydrogen) atoms. The van der Waals surface area contributed by atoms with Crippen LogP contribution in [0.5, 0.6) is 0 Å². The van der Waals surface area contributed by atoms with Gasteiger partial charge in [0, 0.05) is 18.4 Å². The summed E-state index contributed by atoms with van der Waals surface area (Å²) in [5.74, 6) is 0.620. The first-order chi connectivity index (χ1) is 14.4. The standard InChI is InChI=1S/C21H17ClN2O4S2/c22-17-8-5-15(12-18(17)24(25)26)21-23(10-11-29-21)30(27,28)19-9-6-14-3-1-2-13-4-7-16(19)20(13)14/h1-3,5-6,8-9,12,21H,4,7,10-11H2. The second-order valence-electron chi connectivity index (χ2n) is 7.36. The van der Waals surface area contributed by atoms with E-state index in [1.165, 1.54) is 33.8 Å². The Labute approximate surface area is 183 Å². The van der Waals surface area contributed by atoms with Crippen molar-refractivity contribution in [3.8, 4) is 0 Å². The van der Waals surface area contributed by atoms with E-state index in [0.717, 1.165) is 22.8 Å². The fourth-order valence-electron chi connectivity index (χ4n) is 4.39. The van der Waals surface area contributed by atoms with Gasteiger partial charge in [0.2, 0.25) is 10.0 Å². The molecule has 1 fully saturated rings. The monoisotopic (exact) mass is 460 g/mol. The van der Waals surface area contributed by atoms with Crippen LogP contribution in [0.15, 0.2) is 53.4 Å². The van der Waals surface area contributed by atoms with Crippen LogP contribution in [0.25, 0.3) is 10.8 Å². The Bertz CT molecular complexity index is 1310. The zero-order valence-corrected chi connectivity index (χ0v) is 18.1. The molecule has 6 nitrogen and oxygen atoms in total. The van der Waals surface area contributed by atoms with Crippen LogP contribution < -0.4 is 0 Å². The Hall–Kier alpha value is -2.13. The number of sulfonamides is 1. The molecule has 1 unspecified atom stereocenters. The van der Waals surface area contributed by atoms with E-state index in [0.29, 0.717) is 29.2 Å². The first-order valence-electron chi connectivity index (χ1n) is 9.49. The lowest BCUT2D eigenvalue weighted by atomic mass is 10.1. The van der Waals surface area contributed by atoms with E-state index in [1.54, 1.807) is 12.1 Å². The van der Waals surface area contributed by atoms with Gasteiger partial charge in [-0.05, 0) is 52.4 Å². The van der Waals surface area contributed by atoms with Crippen LogP contribution >= 0.6 is 23.4 Å². The van der Waals surface area contributed by atoms with E-state index in [-0.39, 0.29) is 10.7 Å². The summed E-state index contributed by atoms with van der Waals surface area (Å²) in [7, 11) is -3.77. The smallest absolute Gasteiger partial charge is 0.258 e. The largest absolute Gasteiger partial charge is 0.288 e. The molecule has 0 aromatic heterocycles. The molecule has 0 bridgehead atoms. The zero-order valence-electron chi connectivity index (χ0n) is 15.7. The Morgan fingerprint density at radius 2 is 1.97 bits per heavy atom. The predicted octanol–water partition coefficient (Wildman–Crippen LogP) is 4.94. The molecule has 1 heterocycles. The van der Waals surface area contributed by atoms with Gasteiger partial charge in [0.05, 0.1) is 15.2 Å². The summed E-state index contributed by atoms with van der Waals surface area (Å²) in [5.41, 5.74) is 2.41. The molecule has 0 spiro atoms. The molecule has 0 saturated carbocycles. The van der Waals surface area contributed by atoms with Crippen LogP contribution in [0.4, 0.5) is 5.69 Å². The van der Waals surface area contributed by atoms with Crippen molar-refractivity contribution in [2.75, 3.05) is 12.3 Å². The SMILES string of the molecule is O=[N+]([O-])c1cc(C2SCCN2S(=O)(=O)c2ccc3cccc4c3c2CC4)ccc1Cl. The van der Waals surface area contributed by atoms with Gasteiger partial charge in [-0.15, -0.1) is 11.8 Å². The minimum atomic E-state index is -3.77. The molecule has 0 radical (unpaired) electrons. The number of nitro benzene ring substituents is 1. The number of nitro groups is 1. The van der Waals surface area contributed by atoms with Gasteiger partial charge in [0.1, 0.15) is 5.02 Å². The number of benzene rings is 3. The average molecular weight is 461 g/mol. The van der Waals surface area contributed by atoms with Gasteiger partial charge < -0.3 is 0 Å². The third-order valence-corrected chi connectivity index (χ3v) is 9.39. The van der Waals surface area contributed by atoms with Gasteiger partial charge in [-0.3, -0.25) is 10.1 Å². The van der Waals surface area contributed by atoms with E-state index in [9.17, 15) is 18.5 Å². The highest BCUT2D eigenvalue weighted by molar-refractivity contribution is 8.01. The third-order valence-electron chi connectivity index (χ3n) is 5.73. The van der Waals surface area contributed by atoms with Crippen LogP contribution in [0.3, 0.4) is 0 Å². The Morgan fingerprint density at radius 3 is 2.77 bits per heavy atom. The molecule has 2 aliphatic rings. The molecule has 1 atom stereocenters. The highest BCUT2D eigenvalue weighted by Crippen LogP contribution is 2.45. The van der Waals surface area contributed by atoms with Crippen molar-refractivity contribution >= 4 is 49.8 Å². The van der Waals surface area contributed by atoms with E-state index in [1.807, 2.05) is 18.2 Å². The van der Waals surface area contributed by atoms with Gasteiger partial charge >= 0.3 is 0 Å². The van der Waals surface area contributed by atoms with Crippen molar-refractivity contribution in [1.82, 2.24) is 4.31 Å². The Morgan fingerprint density at radius 1 is 1.13 bits per heavy atom. The molecule has 154 valence electrons. The molecule has 3 aromatic carbocycles. The number of aryl methyl sites for hydroxylation is 2. The predicted molar refractivity (Wildman–Crippen MR) is 119 cm³/mol. The normalized spacial score (nSPS) is 18.9. The van der Waals surface area contributed by atoms with Crippen molar-refractivity contribution in [1.29, 1.82) is 0 Å². The van der Waals surface area contributed by atoms with Crippen molar-refractivity contribution in [3.63, 3.8) is 0 Å². The maximum Gasteiger partial charge on any atom is 0.288 e. The summed E-state index contributed by atoms with van der Waals surface area (Å²) < 4.78 is 28.9. The Balaban J connectivity index is 1.60. The Kier molecular flexibility index (Phi) is 4.77. The maximum atomic E-state index is 13.7. The van der Waals surface area contributed by atoms with Gasteiger partial charge in [-0.2, -0.15) is 4.31 Å². The summed E-state index contributed by atoms with van der Waals surface area (Å²) in [6.07, 6.45) is 1.53. The molecular weight excluding hydrogens is 444 g/mol. The number of hydrogen-bond acceptors (Lipinski definition) is 5. The minimum absolute atomic E-state index is 0.0383. The van der Waals surface area contributed by atoms with Crippen molar-refractivity contribution in [2.45, 2.75) is 23.1 Å². The average Bonchev–Trinajstić information content (AvgIpc) is 3.38. The molecule has 1 aliphatic carbocycles. The minimum Gasteiger partial charge on any atom is -0.258 e. The third kappa shape index (κ3) is 3.01. The fraction of sp³-hybridized carbons (Fsp3) is 0.238. The van der Waals surface area contributed by atoms with Gasteiger partial charge in [0.25, 0.3) is 5.69 Å². The lowest BCUT2D eigenvalue weighted by Crippen LogP contribution is -2.31. The molecule has 1 saturated heterocycles. The second-order valence-corrected chi connectivity index (χ2v) is 10.8. The summed E-state index contributed by atoms with van der Waals surface area (Å²) in [6, 6.07) is 14.1. The molecule has 0 N–H and O–H groups in total. The van der Waals surface area contributed by atoms with Crippen molar-refractivity contribution in [2.24, 2.45) is 0 Å². The quantitative estimate of drug-likeness (QED) is 0.407. The summed E-state index contributed by atoms with van der Waals surface area (Å²) in [5, 5.41) is 12.9. The fourth-order valence-corrected chi connectivity index (χ4v) is 8.06. The second kappa shape index (κ2) is 7.23. The highest BCUT2D eigenvalue weighted by atomic mass is 35.5. The topological polar surface area (TPSA) is 80.5 Å². The van der Waals surface area contributed by atoms with Gasteiger partial charge in [-0.25, -0.2) is 8.42 Å². The van der Waals surface area contributed by atoms with Crippen molar-refractivity contribution < 1.29 is 13.3 Å². The van der Waals surface area contributed by atoms with E-state index >= 15 is 0 Å². The molecule has 5 rings (SSSR count). The van der Waals surface area contributed by atoms with Gasteiger partial charge in [0.15, 0.2) is 0 Å². The van der Waals surface area contributed by atoms with Crippen LogP contribution in [0.2, 0.25) is 5.02 Å². The first-order valence-corrected chi connectivity index (χ1v) is 12.4. The number of hydrogen-bond donors (Lipinski definition) is 0. The molecule has 3 aromatic rings. The zero-order chi connectivity index (χ0) is 21.0. The maximum absolute atomic E-state index is 13.7. The van der Waals surface area contributed by atoms with E-state index in [4.69, 9.17) is 11.6 Å². The molecule has 1 aliphatic heterocycles. The summed E-state index contributed by atoms with van der Waals surface area (Å²) >= 11 is 7.40. The lowest BCUT2D eigenvalue weighted by molar-refractivity contribution is -0.384. The van der Waals surface area contributed by atoms with Crippen LogP contribution in [0.1, 0.15) is 22.1 Å². The number of thioether (sulfide) groups is 1. The number of nitrogens with zero attached hydrogens (tertiary/aromatic N) is 2. The van der Waals surface area contributed by atoms with Crippen molar-refractivity contribution in [3.05, 3.63) is 80.4 Å². The number of halogens is 1. The first kappa shape index (κ1) is 19.8. The highest BCUT2D eigenvalue weighted by Gasteiger charge is 2.39. The summed E-state index contributed by atoms with van der Waals surface area (Å²) in [4.78, 5) is 11.1.